The third-order valence-corrected chi connectivity index (χ3v) is 5.02. The molecule has 2 aromatic rings. The third-order valence-electron chi connectivity index (χ3n) is 5.02. The molecule has 0 aliphatic carbocycles. The summed E-state index contributed by atoms with van der Waals surface area (Å²) in [5.41, 5.74) is 1.15. The van der Waals surface area contributed by atoms with Gasteiger partial charge in [0.15, 0.2) is 0 Å². The molecule has 0 aromatic heterocycles. The molecule has 1 heterocycles. The monoisotopic (exact) mass is 400 g/mol. The lowest BCUT2D eigenvalue weighted by Crippen LogP contribution is -2.39. The summed E-state index contributed by atoms with van der Waals surface area (Å²) in [5, 5.41) is 3.02. The van der Waals surface area contributed by atoms with E-state index in [4.69, 9.17) is 9.47 Å². The standard InChI is InChI=1S/C23H29FN2O3/c1-2-28-20-11-7-18(8-12-20)22-6-5-16-26(22)23(27)25-15-3-4-17-29-21-13-9-19(24)10-14-21/h7-14,22H,2-6,15-17H2,1H3,(H,25,27). The Bertz CT molecular complexity index is 765. The number of nitrogens with one attached hydrogen (secondary N) is 1. The summed E-state index contributed by atoms with van der Waals surface area (Å²) in [5.74, 6) is 1.24. The molecule has 156 valence electrons. The topological polar surface area (TPSA) is 50.8 Å². The van der Waals surface area contributed by atoms with Crippen molar-refractivity contribution in [3.05, 3.63) is 59.9 Å². The number of unbranched alkanes of at least 4 members (excludes halogenated alkanes) is 1. The van der Waals surface area contributed by atoms with Crippen LogP contribution in [0.1, 0.15) is 44.2 Å². The fraction of sp³-hybridized carbons (Fsp3) is 0.435. The Kier molecular flexibility index (Phi) is 7.73. The Hall–Kier alpha value is -2.76. The molecule has 0 bridgehead atoms. The van der Waals surface area contributed by atoms with Crippen LogP contribution in [0.4, 0.5) is 9.18 Å². The number of rotatable bonds is 9. The lowest BCUT2D eigenvalue weighted by Gasteiger charge is -2.25. The van der Waals surface area contributed by atoms with E-state index in [1.807, 2.05) is 36.1 Å². The maximum Gasteiger partial charge on any atom is 0.317 e. The van der Waals surface area contributed by atoms with Gasteiger partial charge in [0.1, 0.15) is 17.3 Å². The van der Waals surface area contributed by atoms with Gasteiger partial charge >= 0.3 is 6.03 Å². The minimum atomic E-state index is -0.273. The predicted molar refractivity (Wildman–Crippen MR) is 111 cm³/mol. The summed E-state index contributed by atoms with van der Waals surface area (Å²) in [6, 6.07) is 14.1. The zero-order valence-corrected chi connectivity index (χ0v) is 16.9. The molecule has 1 aliphatic heterocycles. The van der Waals surface area contributed by atoms with Gasteiger partial charge in [-0.15, -0.1) is 0 Å². The number of benzene rings is 2. The highest BCUT2D eigenvalue weighted by molar-refractivity contribution is 5.75. The Morgan fingerprint density at radius 2 is 1.76 bits per heavy atom. The van der Waals surface area contributed by atoms with Gasteiger partial charge in [-0.2, -0.15) is 0 Å². The number of carbonyl (C=O) groups excluding carboxylic acids is 1. The first-order valence-corrected chi connectivity index (χ1v) is 10.3. The maximum absolute atomic E-state index is 12.9. The van der Waals surface area contributed by atoms with Gasteiger partial charge in [0.2, 0.25) is 0 Å². The van der Waals surface area contributed by atoms with Crippen LogP contribution in [0.25, 0.3) is 0 Å². The van der Waals surface area contributed by atoms with Crippen LogP contribution in [0.2, 0.25) is 0 Å². The van der Waals surface area contributed by atoms with E-state index >= 15 is 0 Å². The summed E-state index contributed by atoms with van der Waals surface area (Å²) in [7, 11) is 0. The Morgan fingerprint density at radius 1 is 1.07 bits per heavy atom. The van der Waals surface area contributed by atoms with Crippen molar-refractivity contribution in [3.8, 4) is 11.5 Å². The minimum Gasteiger partial charge on any atom is -0.494 e. The molecule has 0 saturated carbocycles. The van der Waals surface area contributed by atoms with Crippen molar-refractivity contribution in [2.75, 3.05) is 26.3 Å². The van der Waals surface area contributed by atoms with Gasteiger partial charge in [-0.3, -0.25) is 0 Å². The second-order valence-electron chi connectivity index (χ2n) is 7.09. The van der Waals surface area contributed by atoms with Crippen LogP contribution in [-0.2, 0) is 0 Å². The zero-order chi connectivity index (χ0) is 20.5. The molecular formula is C23H29FN2O3. The molecule has 2 aromatic carbocycles. The molecule has 1 fully saturated rings. The first kappa shape index (κ1) is 21.0. The molecule has 0 spiro atoms. The minimum absolute atomic E-state index is 0.0131. The van der Waals surface area contributed by atoms with E-state index < -0.39 is 0 Å². The van der Waals surface area contributed by atoms with Crippen molar-refractivity contribution < 1.29 is 18.7 Å². The van der Waals surface area contributed by atoms with Crippen molar-refractivity contribution in [1.82, 2.24) is 10.2 Å². The molecule has 1 unspecified atom stereocenters. The molecule has 5 nitrogen and oxygen atoms in total. The first-order chi connectivity index (χ1) is 14.2. The predicted octanol–water partition coefficient (Wildman–Crippen LogP) is 4.93. The molecule has 6 heteroatoms. The number of hydrogen-bond acceptors (Lipinski definition) is 3. The van der Waals surface area contributed by atoms with Gasteiger partial charge in [-0.1, -0.05) is 12.1 Å². The molecule has 0 radical (unpaired) electrons. The summed E-state index contributed by atoms with van der Waals surface area (Å²) in [4.78, 5) is 14.5. The summed E-state index contributed by atoms with van der Waals surface area (Å²) < 4.78 is 23.9. The van der Waals surface area contributed by atoms with Crippen LogP contribution in [-0.4, -0.2) is 37.2 Å². The first-order valence-electron chi connectivity index (χ1n) is 10.3. The zero-order valence-electron chi connectivity index (χ0n) is 16.9. The van der Waals surface area contributed by atoms with Gasteiger partial charge < -0.3 is 19.7 Å². The lowest BCUT2D eigenvalue weighted by atomic mass is 10.0. The largest absolute Gasteiger partial charge is 0.494 e. The molecule has 2 amide bonds. The van der Waals surface area contributed by atoms with E-state index in [1.54, 1.807) is 12.1 Å². The second kappa shape index (κ2) is 10.7. The average molecular weight is 400 g/mol. The van der Waals surface area contributed by atoms with Crippen LogP contribution in [0, 0.1) is 5.82 Å². The van der Waals surface area contributed by atoms with E-state index in [1.165, 1.54) is 12.1 Å². The van der Waals surface area contributed by atoms with E-state index in [-0.39, 0.29) is 17.9 Å². The summed E-state index contributed by atoms with van der Waals surface area (Å²) >= 11 is 0. The fourth-order valence-corrected chi connectivity index (χ4v) is 3.55. The maximum atomic E-state index is 12.9. The number of hydrogen-bond donors (Lipinski definition) is 1. The number of urea groups is 1. The van der Waals surface area contributed by atoms with Gasteiger partial charge in [-0.25, -0.2) is 9.18 Å². The smallest absolute Gasteiger partial charge is 0.317 e. The van der Waals surface area contributed by atoms with Crippen LogP contribution in [0.5, 0.6) is 11.5 Å². The van der Waals surface area contributed by atoms with E-state index in [2.05, 4.69) is 5.32 Å². The molecular weight excluding hydrogens is 371 g/mol. The van der Waals surface area contributed by atoms with Crippen LogP contribution in [0.15, 0.2) is 48.5 Å². The normalized spacial score (nSPS) is 15.9. The molecule has 1 aliphatic rings. The SMILES string of the molecule is CCOc1ccc(C2CCCN2C(=O)NCCCCOc2ccc(F)cc2)cc1. The highest BCUT2D eigenvalue weighted by Crippen LogP contribution is 2.32. The quantitative estimate of drug-likeness (QED) is 0.607. The van der Waals surface area contributed by atoms with E-state index in [0.717, 1.165) is 43.5 Å². The van der Waals surface area contributed by atoms with Crippen LogP contribution >= 0.6 is 0 Å². The number of amides is 2. The Balaban J connectivity index is 1.38. The average Bonchev–Trinajstić information content (AvgIpc) is 3.22. The van der Waals surface area contributed by atoms with Gasteiger partial charge in [0.25, 0.3) is 0 Å². The van der Waals surface area contributed by atoms with E-state index in [0.29, 0.717) is 25.5 Å². The van der Waals surface area contributed by atoms with Crippen LogP contribution < -0.4 is 14.8 Å². The van der Waals surface area contributed by atoms with Crippen molar-refractivity contribution >= 4 is 6.03 Å². The lowest BCUT2D eigenvalue weighted by molar-refractivity contribution is 0.192. The fourth-order valence-electron chi connectivity index (χ4n) is 3.55. The Labute approximate surface area is 171 Å². The molecule has 1 N–H and O–H groups in total. The van der Waals surface area contributed by atoms with Gasteiger partial charge in [0.05, 0.1) is 19.3 Å². The van der Waals surface area contributed by atoms with E-state index in [9.17, 15) is 9.18 Å². The second-order valence-corrected chi connectivity index (χ2v) is 7.09. The van der Waals surface area contributed by atoms with Crippen molar-refractivity contribution in [3.63, 3.8) is 0 Å². The molecule has 1 saturated heterocycles. The summed E-state index contributed by atoms with van der Waals surface area (Å²) in [6.07, 6.45) is 3.64. The van der Waals surface area contributed by atoms with Crippen molar-refractivity contribution in [2.24, 2.45) is 0 Å². The number of likely N-dealkylation sites (tertiary alicyclic amines) is 1. The van der Waals surface area contributed by atoms with Gasteiger partial charge in [-0.05, 0) is 74.6 Å². The van der Waals surface area contributed by atoms with Crippen LogP contribution in [0.3, 0.4) is 0 Å². The third kappa shape index (κ3) is 6.11. The molecule has 3 rings (SSSR count). The highest BCUT2D eigenvalue weighted by Gasteiger charge is 2.29. The van der Waals surface area contributed by atoms with Crippen molar-refractivity contribution in [1.29, 1.82) is 0 Å². The Morgan fingerprint density at radius 3 is 2.48 bits per heavy atom. The number of ether oxygens (including phenoxy) is 2. The summed E-state index contributed by atoms with van der Waals surface area (Å²) in [6.45, 7) is 4.54. The van der Waals surface area contributed by atoms with Gasteiger partial charge in [0, 0.05) is 13.1 Å². The molecule has 1 atom stereocenters. The molecule has 29 heavy (non-hydrogen) atoms. The number of halogens is 1. The number of carbonyl (C=O) groups is 1. The van der Waals surface area contributed by atoms with Crippen molar-refractivity contribution in [2.45, 2.75) is 38.6 Å². The number of nitrogens with zero attached hydrogens (tertiary/aromatic N) is 1. The highest BCUT2D eigenvalue weighted by atomic mass is 19.1.